The number of benzene rings is 1. The molecule has 0 saturated carbocycles. The summed E-state index contributed by atoms with van der Waals surface area (Å²) in [5.41, 5.74) is -4.19. The Balaban J connectivity index is 2.03. The number of hydrogen-bond donors (Lipinski definition) is 3. The number of amides is 1. The Morgan fingerprint density at radius 3 is 2.61 bits per heavy atom. The lowest BCUT2D eigenvalue weighted by atomic mass is 10.1. The van der Waals surface area contributed by atoms with E-state index in [9.17, 15) is 22.2 Å². The Morgan fingerprint density at radius 1 is 1.35 bits per heavy atom. The molecule has 2 unspecified atom stereocenters. The molecule has 1 saturated heterocycles. The van der Waals surface area contributed by atoms with Gasteiger partial charge in [-0.1, -0.05) is 30.3 Å². The molecule has 1 fully saturated rings. The van der Waals surface area contributed by atoms with Crippen LogP contribution in [0.1, 0.15) is 24.4 Å². The molecule has 3 atom stereocenters. The number of hydrogen-bond acceptors (Lipinski definition) is 3. The van der Waals surface area contributed by atoms with Crippen LogP contribution in [-0.2, 0) is 15.8 Å². The molecule has 128 valence electrons. The second-order valence-electron chi connectivity index (χ2n) is 5.18. The van der Waals surface area contributed by atoms with E-state index >= 15 is 0 Å². The Bertz CT molecular complexity index is 548. The van der Waals surface area contributed by atoms with Crippen LogP contribution in [0.2, 0.25) is 0 Å². The summed E-state index contributed by atoms with van der Waals surface area (Å²) in [5, 5.41) is 5.75. The average molecular weight is 349 g/mol. The second kappa shape index (κ2) is 7.89. The van der Waals surface area contributed by atoms with Crippen molar-refractivity contribution in [3.05, 3.63) is 35.9 Å². The SMILES string of the molecule is O=C(NC(CNS(=O)C(F)(F)F)c1ccccc1)[C@@H]1CCCN1. The van der Waals surface area contributed by atoms with Crippen molar-refractivity contribution in [3.63, 3.8) is 0 Å². The van der Waals surface area contributed by atoms with Gasteiger partial charge in [-0.25, -0.2) is 8.93 Å². The van der Waals surface area contributed by atoms with Crippen LogP contribution in [-0.4, -0.2) is 34.8 Å². The van der Waals surface area contributed by atoms with Crippen molar-refractivity contribution in [2.24, 2.45) is 0 Å². The maximum absolute atomic E-state index is 12.4. The van der Waals surface area contributed by atoms with E-state index in [2.05, 4.69) is 10.6 Å². The average Bonchev–Trinajstić information content (AvgIpc) is 3.05. The molecule has 9 heteroatoms. The zero-order valence-electron chi connectivity index (χ0n) is 12.2. The molecule has 2 rings (SSSR count). The minimum absolute atomic E-state index is 0.268. The summed E-state index contributed by atoms with van der Waals surface area (Å²) >= 11 is 0. The highest BCUT2D eigenvalue weighted by Crippen LogP contribution is 2.19. The third kappa shape index (κ3) is 5.29. The third-order valence-electron chi connectivity index (χ3n) is 3.52. The number of nitrogens with one attached hydrogen (secondary N) is 3. The second-order valence-corrected chi connectivity index (χ2v) is 6.47. The van der Waals surface area contributed by atoms with Crippen LogP contribution in [0, 0.1) is 0 Å². The Morgan fingerprint density at radius 2 is 2.04 bits per heavy atom. The van der Waals surface area contributed by atoms with E-state index in [0.717, 1.165) is 13.0 Å². The highest BCUT2D eigenvalue weighted by molar-refractivity contribution is 7.83. The summed E-state index contributed by atoms with van der Waals surface area (Å²) in [6, 6.07) is 7.58. The fraction of sp³-hybridized carbons (Fsp3) is 0.500. The van der Waals surface area contributed by atoms with Gasteiger partial charge in [0.05, 0.1) is 12.1 Å². The fourth-order valence-corrected chi connectivity index (χ4v) is 2.84. The van der Waals surface area contributed by atoms with Gasteiger partial charge in [0.15, 0.2) is 11.0 Å². The molecule has 1 aromatic carbocycles. The van der Waals surface area contributed by atoms with Crippen molar-refractivity contribution in [1.82, 2.24) is 15.4 Å². The third-order valence-corrected chi connectivity index (χ3v) is 4.37. The van der Waals surface area contributed by atoms with Gasteiger partial charge in [0.25, 0.3) is 0 Å². The highest BCUT2D eigenvalue weighted by Gasteiger charge is 2.37. The van der Waals surface area contributed by atoms with Gasteiger partial charge in [-0.3, -0.25) is 4.79 Å². The number of carbonyl (C=O) groups excluding carboxylic acids is 1. The molecule has 0 bridgehead atoms. The van der Waals surface area contributed by atoms with Crippen LogP contribution in [0.15, 0.2) is 30.3 Å². The Labute approximate surface area is 134 Å². The number of rotatable bonds is 6. The summed E-state index contributed by atoms with van der Waals surface area (Å²) in [7, 11) is -3.17. The van der Waals surface area contributed by atoms with E-state index < -0.39 is 22.5 Å². The van der Waals surface area contributed by atoms with Crippen molar-refractivity contribution in [3.8, 4) is 0 Å². The lowest BCUT2D eigenvalue weighted by Crippen LogP contribution is -2.45. The van der Waals surface area contributed by atoms with Gasteiger partial charge in [0.2, 0.25) is 5.91 Å². The smallest absolute Gasteiger partial charge is 0.347 e. The molecular formula is C14H18F3N3O2S. The minimum atomic E-state index is -4.84. The lowest BCUT2D eigenvalue weighted by Gasteiger charge is -2.22. The molecule has 0 aromatic heterocycles. The van der Waals surface area contributed by atoms with Crippen LogP contribution >= 0.6 is 0 Å². The van der Waals surface area contributed by atoms with Crippen LogP contribution < -0.4 is 15.4 Å². The molecule has 23 heavy (non-hydrogen) atoms. The quantitative estimate of drug-likeness (QED) is 0.727. The molecule has 5 nitrogen and oxygen atoms in total. The first kappa shape index (κ1) is 17.9. The van der Waals surface area contributed by atoms with E-state index in [1.165, 1.54) is 0 Å². The van der Waals surface area contributed by atoms with Crippen LogP contribution in [0.5, 0.6) is 0 Å². The fourth-order valence-electron chi connectivity index (χ4n) is 2.36. The summed E-state index contributed by atoms with van der Waals surface area (Å²) < 4.78 is 50.1. The molecule has 1 amide bonds. The molecule has 0 spiro atoms. The zero-order chi connectivity index (χ0) is 16.9. The van der Waals surface area contributed by atoms with Gasteiger partial charge in [-0.05, 0) is 24.9 Å². The maximum atomic E-state index is 12.4. The molecular weight excluding hydrogens is 331 g/mol. The Hall–Kier alpha value is -1.45. The summed E-state index contributed by atoms with van der Waals surface area (Å²) in [6.45, 7) is 0.457. The van der Waals surface area contributed by atoms with Gasteiger partial charge >= 0.3 is 5.51 Å². The van der Waals surface area contributed by atoms with Gasteiger partial charge in [-0.15, -0.1) is 0 Å². The molecule has 3 N–H and O–H groups in total. The topological polar surface area (TPSA) is 70.2 Å². The minimum Gasteiger partial charge on any atom is -0.347 e. The van der Waals surface area contributed by atoms with Gasteiger partial charge in [0, 0.05) is 6.54 Å². The van der Waals surface area contributed by atoms with E-state index in [4.69, 9.17) is 0 Å². The van der Waals surface area contributed by atoms with Crippen molar-refractivity contribution < 1.29 is 22.2 Å². The predicted octanol–water partition coefficient (Wildman–Crippen LogP) is 1.37. The van der Waals surface area contributed by atoms with E-state index in [0.29, 0.717) is 12.0 Å². The first-order chi connectivity index (χ1) is 10.9. The van der Waals surface area contributed by atoms with Crippen LogP contribution in [0.25, 0.3) is 0 Å². The van der Waals surface area contributed by atoms with Gasteiger partial charge in [-0.2, -0.15) is 13.2 Å². The normalized spacial score (nSPS) is 20.9. The molecule has 1 heterocycles. The number of carbonyl (C=O) groups is 1. The number of halogens is 3. The Kier molecular flexibility index (Phi) is 6.14. The van der Waals surface area contributed by atoms with Gasteiger partial charge < -0.3 is 10.6 Å². The largest absolute Gasteiger partial charge is 0.485 e. The van der Waals surface area contributed by atoms with Crippen molar-refractivity contribution in [2.75, 3.05) is 13.1 Å². The summed E-state index contributed by atoms with van der Waals surface area (Å²) in [4.78, 5) is 12.2. The zero-order valence-corrected chi connectivity index (χ0v) is 13.0. The van der Waals surface area contributed by atoms with Crippen molar-refractivity contribution >= 4 is 16.9 Å². The maximum Gasteiger partial charge on any atom is 0.485 e. The molecule has 0 aliphatic carbocycles. The van der Waals surface area contributed by atoms with Crippen LogP contribution in [0.3, 0.4) is 0 Å². The summed E-state index contributed by atoms with van der Waals surface area (Å²) in [5.74, 6) is -0.268. The highest BCUT2D eigenvalue weighted by atomic mass is 32.2. The van der Waals surface area contributed by atoms with E-state index in [1.54, 1.807) is 30.3 Å². The van der Waals surface area contributed by atoms with Crippen LogP contribution in [0.4, 0.5) is 13.2 Å². The molecule has 0 radical (unpaired) electrons. The number of alkyl halides is 3. The summed E-state index contributed by atoms with van der Waals surface area (Å²) in [6.07, 6.45) is 1.57. The molecule has 1 aliphatic rings. The monoisotopic (exact) mass is 349 g/mol. The standard InChI is InChI=1S/C14H18F3N3O2S/c15-14(16,17)23(22)19-9-12(10-5-2-1-3-6-10)20-13(21)11-7-4-8-18-11/h1-3,5-6,11-12,18-19H,4,7-9H2,(H,20,21)/t11-,12?,23?/m0/s1. The van der Waals surface area contributed by atoms with Gasteiger partial charge in [0.1, 0.15) is 0 Å². The first-order valence-corrected chi connectivity index (χ1v) is 8.33. The van der Waals surface area contributed by atoms with Crippen molar-refractivity contribution in [1.29, 1.82) is 0 Å². The predicted molar refractivity (Wildman–Crippen MR) is 80.6 cm³/mol. The van der Waals surface area contributed by atoms with E-state index in [1.807, 2.05) is 4.72 Å². The van der Waals surface area contributed by atoms with Crippen molar-refractivity contribution in [2.45, 2.75) is 30.4 Å². The first-order valence-electron chi connectivity index (χ1n) is 7.18. The molecule has 1 aromatic rings. The van der Waals surface area contributed by atoms with E-state index in [-0.39, 0.29) is 18.5 Å². The molecule has 1 aliphatic heterocycles. The lowest BCUT2D eigenvalue weighted by molar-refractivity contribution is -0.123.